The van der Waals surface area contributed by atoms with Gasteiger partial charge < -0.3 is 10.9 Å². The van der Waals surface area contributed by atoms with Crippen LogP contribution in [0.1, 0.15) is 11.8 Å². The van der Waals surface area contributed by atoms with Gasteiger partial charge in [-0.15, -0.1) is 11.3 Å². The molecule has 78 valence electrons. The van der Waals surface area contributed by atoms with Gasteiger partial charge in [0.1, 0.15) is 0 Å². The molecule has 0 aliphatic heterocycles. The summed E-state index contributed by atoms with van der Waals surface area (Å²) in [6.07, 6.45) is 1.83. The maximum atomic E-state index is 8.43. The Hall–Kier alpha value is -1.14. The Morgan fingerprint density at radius 2 is 2.57 bits per heavy atom. The van der Waals surface area contributed by atoms with Crippen LogP contribution < -0.4 is 5.73 Å². The first kappa shape index (κ1) is 10.9. The van der Waals surface area contributed by atoms with Crippen molar-refractivity contribution in [3.05, 3.63) is 16.6 Å². The molecule has 14 heavy (non-hydrogen) atoms. The Balaban J connectivity index is 2.47. The third kappa shape index (κ3) is 3.31. The summed E-state index contributed by atoms with van der Waals surface area (Å²) in [7, 11) is 0. The van der Waals surface area contributed by atoms with Gasteiger partial charge in [0.25, 0.3) is 0 Å². The number of rotatable bonds is 5. The van der Waals surface area contributed by atoms with Gasteiger partial charge in [0.05, 0.1) is 12.1 Å². The van der Waals surface area contributed by atoms with E-state index in [1.165, 1.54) is 4.88 Å². The average Bonchev–Trinajstić information content (AvgIpc) is 2.69. The van der Waals surface area contributed by atoms with E-state index in [1.807, 2.05) is 13.1 Å². The van der Waals surface area contributed by atoms with E-state index in [2.05, 4.69) is 15.0 Å². The number of nitrogens with two attached hydrogens (primary N) is 1. The fraction of sp³-hybridized carbons (Fsp3) is 0.500. The number of likely N-dealkylation sites (N-methyl/N-ethyl adjacent to an activating group) is 1. The highest BCUT2D eigenvalue weighted by Gasteiger charge is 2.06. The molecule has 0 fully saturated rings. The summed E-state index contributed by atoms with van der Waals surface area (Å²) in [5.74, 6) is 0.233. The van der Waals surface area contributed by atoms with Crippen LogP contribution in [0, 0.1) is 0 Å². The molecule has 0 aromatic carbocycles. The molecular weight excluding hydrogens is 200 g/mol. The Morgan fingerprint density at radius 3 is 3.07 bits per heavy atom. The van der Waals surface area contributed by atoms with E-state index in [9.17, 15) is 0 Å². The molecule has 0 saturated heterocycles. The minimum absolute atomic E-state index is 0.233. The molecule has 0 aliphatic carbocycles. The summed E-state index contributed by atoms with van der Waals surface area (Å²) < 4.78 is 0. The number of hydrogen-bond acceptors (Lipinski definition) is 5. The molecule has 0 radical (unpaired) electrons. The van der Waals surface area contributed by atoms with Gasteiger partial charge in [0.15, 0.2) is 5.84 Å². The lowest BCUT2D eigenvalue weighted by atomic mass is 10.4. The number of aromatic nitrogens is 1. The van der Waals surface area contributed by atoms with Crippen LogP contribution >= 0.6 is 11.3 Å². The monoisotopic (exact) mass is 214 g/mol. The SMILES string of the molecule is CCN(CC(N)=NO)Cc1cncs1. The third-order valence-corrected chi connectivity index (χ3v) is 2.59. The maximum Gasteiger partial charge on any atom is 0.153 e. The van der Waals surface area contributed by atoms with Gasteiger partial charge in [-0.05, 0) is 6.54 Å². The number of amidine groups is 1. The molecule has 0 amide bonds. The summed E-state index contributed by atoms with van der Waals surface area (Å²) in [5.41, 5.74) is 7.22. The second-order valence-corrected chi connectivity index (χ2v) is 3.83. The second-order valence-electron chi connectivity index (χ2n) is 2.86. The molecule has 1 aromatic heterocycles. The molecule has 1 heterocycles. The Kier molecular flexibility index (Phi) is 4.34. The lowest BCUT2D eigenvalue weighted by Gasteiger charge is -2.17. The van der Waals surface area contributed by atoms with Gasteiger partial charge in [-0.1, -0.05) is 12.1 Å². The summed E-state index contributed by atoms with van der Waals surface area (Å²) in [5, 5.41) is 11.4. The second kappa shape index (κ2) is 5.56. The zero-order chi connectivity index (χ0) is 10.4. The van der Waals surface area contributed by atoms with Crippen LogP contribution in [0.15, 0.2) is 16.9 Å². The van der Waals surface area contributed by atoms with Gasteiger partial charge >= 0.3 is 0 Å². The first-order chi connectivity index (χ1) is 6.76. The minimum Gasteiger partial charge on any atom is -0.409 e. The molecule has 6 heteroatoms. The normalized spacial score (nSPS) is 12.3. The molecule has 1 rings (SSSR count). The van der Waals surface area contributed by atoms with Crippen molar-refractivity contribution >= 4 is 17.2 Å². The van der Waals surface area contributed by atoms with E-state index in [0.29, 0.717) is 6.54 Å². The van der Waals surface area contributed by atoms with E-state index in [0.717, 1.165) is 13.1 Å². The standard InChI is InChI=1S/C8H14N4OS/c1-2-12(5-8(9)11-13)4-7-3-10-6-14-7/h3,6,13H,2,4-5H2,1H3,(H2,9,11). The molecule has 0 unspecified atom stereocenters. The Morgan fingerprint density at radius 1 is 1.79 bits per heavy atom. The molecule has 0 saturated carbocycles. The fourth-order valence-electron chi connectivity index (χ4n) is 1.08. The van der Waals surface area contributed by atoms with E-state index in [4.69, 9.17) is 10.9 Å². The first-order valence-electron chi connectivity index (χ1n) is 4.32. The minimum atomic E-state index is 0.233. The van der Waals surface area contributed by atoms with E-state index < -0.39 is 0 Å². The van der Waals surface area contributed by atoms with Crippen molar-refractivity contribution in [1.29, 1.82) is 0 Å². The maximum absolute atomic E-state index is 8.43. The number of hydrogen-bond donors (Lipinski definition) is 2. The molecule has 0 aliphatic rings. The van der Waals surface area contributed by atoms with Crippen LogP contribution in [0.5, 0.6) is 0 Å². The number of thiazole rings is 1. The van der Waals surface area contributed by atoms with Crippen LogP contribution in [-0.4, -0.2) is 34.0 Å². The third-order valence-electron chi connectivity index (χ3n) is 1.82. The molecular formula is C8H14N4OS. The molecule has 0 spiro atoms. The largest absolute Gasteiger partial charge is 0.409 e. The Labute approximate surface area is 86.9 Å². The van der Waals surface area contributed by atoms with E-state index in [1.54, 1.807) is 16.8 Å². The topological polar surface area (TPSA) is 74.7 Å². The Bertz CT molecular complexity index is 286. The lowest BCUT2D eigenvalue weighted by Crippen LogP contribution is -2.33. The van der Waals surface area contributed by atoms with Gasteiger partial charge in [0, 0.05) is 17.6 Å². The van der Waals surface area contributed by atoms with Gasteiger partial charge in [-0.2, -0.15) is 0 Å². The van der Waals surface area contributed by atoms with Crippen molar-refractivity contribution in [1.82, 2.24) is 9.88 Å². The van der Waals surface area contributed by atoms with Gasteiger partial charge in [0.2, 0.25) is 0 Å². The first-order valence-corrected chi connectivity index (χ1v) is 5.20. The predicted molar refractivity (Wildman–Crippen MR) is 56.5 cm³/mol. The highest BCUT2D eigenvalue weighted by molar-refractivity contribution is 7.09. The number of oxime groups is 1. The van der Waals surface area contributed by atoms with E-state index in [-0.39, 0.29) is 5.84 Å². The zero-order valence-electron chi connectivity index (χ0n) is 8.05. The van der Waals surface area contributed by atoms with Crippen molar-refractivity contribution in [2.75, 3.05) is 13.1 Å². The highest BCUT2D eigenvalue weighted by atomic mass is 32.1. The van der Waals surface area contributed by atoms with Crippen molar-refractivity contribution in [3.8, 4) is 0 Å². The molecule has 3 N–H and O–H groups in total. The van der Waals surface area contributed by atoms with Crippen molar-refractivity contribution in [2.45, 2.75) is 13.5 Å². The van der Waals surface area contributed by atoms with Gasteiger partial charge in [-0.3, -0.25) is 9.88 Å². The van der Waals surface area contributed by atoms with Gasteiger partial charge in [-0.25, -0.2) is 0 Å². The molecule has 1 aromatic rings. The number of nitrogens with zero attached hydrogens (tertiary/aromatic N) is 3. The van der Waals surface area contributed by atoms with Crippen LogP contribution in [0.25, 0.3) is 0 Å². The van der Waals surface area contributed by atoms with Crippen LogP contribution in [0.4, 0.5) is 0 Å². The average molecular weight is 214 g/mol. The quantitative estimate of drug-likeness (QED) is 0.327. The summed E-state index contributed by atoms with van der Waals surface area (Å²) in [4.78, 5) is 7.24. The van der Waals surface area contributed by atoms with Crippen molar-refractivity contribution in [3.63, 3.8) is 0 Å². The smallest absolute Gasteiger partial charge is 0.153 e. The zero-order valence-corrected chi connectivity index (χ0v) is 8.87. The van der Waals surface area contributed by atoms with Crippen molar-refractivity contribution < 1.29 is 5.21 Å². The molecule has 0 atom stereocenters. The van der Waals surface area contributed by atoms with Crippen LogP contribution in [0.2, 0.25) is 0 Å². The van der Waals surface area contributed by atoms with Crippen LogP contribution in [0.3, 0.4) is 0 Å². The summed E-state index contributed by atoms with van der Waals surface area (Å²) in [6, 6.07) is 0. The van der Waals surface area contributed by atoms with Crippen LogP contribution in [-0.2, 0) is 6.54 Å². The summed E-state index contributed by atoms with van der Waals surface area (Å²) in [6.45, 7) is 4.15. The summed E-state index contributed by atoms with van der Waals surface area (Å²) >= 11 is 1.61. The fourth-order valence-corrected chi connectivity index (χ4v) is 1.72. The lowest BCUT2D eigenvalue weighted by molar-refractivity contribution is 0.296. The molecule has 5 nitrogen and oxygen atoms in total. The van der Waals surface area contributed by atoms with Crippen molar-refractivity contribution in [2.24, 2.45) is 10.9 Å². The predicted octanol–water partition coefficient (Wildman–Crippen LogP) is 0.711. The highest BCUT2D eigenvalue weighted by Crippen LogP contribution is 2.08. The molecule has 0 bridgehead atoms. The van der Waals surface area contributed by atoms with E-state index >= 15 is 0 Å².